The van der Waals surface area contributed by atoms with E-state index in [2.05, 4.69) is 25.9 Å². The van der Waals surface area contributed by atoms with E-state index < -0.39 is 11.2 Å². The van der Waals surface area contributed by atoms with Gasteiger partial charge in [-0.25, -0.2) is 14.8 Å². The highest BCUT2D eigenvalue weighted by molar-refractivity contribution is 9.10. The molecule has 4 aromatic rings. The smallest absolute Gasteiger partial charge is 0.298 e. The molecular weight excluding hydrogens is 454 g/mol. The summed E-state index contributed by atoms with van der Waals surface area (Å²) in [5.74, 6) is 0. The summed E-state index contributed by atoms with van der Waals surface area (Å²) >= 11 is 11.1. The van der Waals surface area contributed by atoms with Crippen LogP contribution in [0.3, 0.4) is 0 Å². The van der Waals surface area contributed by atoms with Crippen LogP contribution < -0.4 is 11.2 Å². The number of thiazole rings is 1. The first-order valence-corrected chi connectivity index (χ1v) is 9.94. The molecule has 0 N–H and O–H groups in total. The van der Waals surface area contributed by atoms with Gasteiger partial charge in [0.1, 0.15) is 5.01 Å². The van der Waals surface area contributed by atoms with Gasteiger partial charge in [0.05, 0.1) is 17.3 Å². The fourth-order valence-corrected chi connectivity index (χ4v) is 4.50. The van der Waals surface area contributed by atoms with Crippen molar-refractivity contribution in [3.63, 3.8) is 0 Å². The molecule has 138 valence electrons. The molecule has 4 rings (SSSR count). The first kappa shape index (κ1) is 18.1. The van der Waals surface area contributed by atoms with E-state index in [9.17, 15) is 9.59 Å². The van der Waals surface area contributed by atoms with Gasteiger partial charge < -0.3 is 0 Å². The lowest BCUT2D eigenvalue weighted by atomic mass is 10.2. The molecule has 0 bridgehead atoms. The molecule has 1 aromatic carbocycles. The molecule has 0 amide bonds. The summed E-state index contributed by atoms with van der Waals surface area (Å²) in [6.45, 7) is 0.360. The number of nitrogens with zero attached hydrogens (tertiary/aromatic N) is 5. The number of rotatable bonds is 3. The van der Waals surface area contributed by atoms with Gasteiger partial charge in [0.15, 0.2) is 15.9 Å². The number of halogens is 2. The third kappa shape index (κ3) is 2.95. The number of imidazole rings is 1. The van der Waals surface area contributed by atoms with Crippen molar-refractivity contribution in [3.8, 4) is 10.6 Å². The van der Waals surface area contributed by atoms with Crippen LogP contribution in [0.5, 0.6) is 0 Å². The summed E-state index contributed by atoms with van der Waals surface area (Å²) in [6.07, 6.45) is 0. The lowest BCUT2D eigenvalue weighted by Gasteiger charge is -2.08. The van der Waals surface area contributed by atoms with E-state index in [1.807, 2.05) is 29.6 Å². The zero-order valence-electron chi connectivity index (χ0n) is 14.3. The molecule has 0 saturated heterocycles. The fraction of sp³-hybridized carbons (Fsp3) is 0.176. The number of fused-ring (bicyclic) bond motifs is 1. The van der Waals surface area contributed by atoms with Crippen molar-refractivity contribution in [1.29, 1.82) is 0 Å². The normalized spacial score (nSPS) is 11.4. The second-order valence-electron chi connectivity index (χ2n) is 5.97. The van der Waals surface area contributed by atoms with Gasteiger partial charge in [0.25, 0.3) is 5.56 Å². The maximum Gasteiger partial charge on any atom is 0.332 e. The maximum absolute atomic E-state index is 12.4. The average Bonchev–Trinajstić information content (AvgIpc) is 3.24. The Hall–Kier alpha value is -2.23. The Labute approximate surface area is 170 Å². The summed E-state index contributed by atoms with van der Waals surface area (Å²) < 4.78 is 4.67. The number of aromatic nitrogens is 5. The van der Waals surface area contributed by atoms with Crippen molar-refractivity contribution in [2.24, 2.45) is 14.1 Å². The van der Waals surface area contributed by atoms with Crippen molar-refractivity contribution in [2.45, 2.75) is 6.54 Å². The predicted octanol–water partition coefficient (Wildman–Crippen LogP) is 3.02. The van der Waals surface area contributed by atoms with Crippen LogP contribution in [-0.2, 0) is 20.6 Å². The van der Waals surface area contributed by atoms with Crippen LogP contribution in [0.4, 0.5) is 0 Å². The van der Waals surface area contributed by atoms with Gasteiger partial charge in [-0.05, 0) is 22.0 Å². The van der Waals surface area contributed by atoms with Crippen molar-refractivity contribution in [2.75, 3.05) is 0 Å². The quantitative estimate of drug-likeness (QED) is 0.435. The lowest BCUT2D eigenvalue weighted by Crippen LogP contribution is -2.37. The minimum absolute atomic E-state index is 0.230. The van der Waals surface area contributed by atoms with Gasteiger partial charge in [-0.3, -0.25) is 18.5 Å². The van der Waals surface area contributed by atoms with Crippen LogP contribution in [0.2, 0.25) is 5.02 Å². The highest BCUT2D eigenvalue weighted by Gasteiger charge is 2.19. The van der Waals surface area contributed by atoms with E-state index in [0.29, 0.717) is 21.9 Å². The fourth-order valence-electron chi connectivity index (χ4n) is 2.90. The number of hydrogen-bond donors (Lipinski definition) is 0. The molecule has 0 unspecified atom stereocenters. The monoisotopic (exact) mass is 465 g/mol. The van der Waals surface area contributed by atoms with E-state index in [0.717, 1.165) is 20.8 Å². The summed E-state index contributed by atoms with van der Waals surface area (Å²) in [6, 6.07) is 7.52. The van der Waals surface area contributed by atoms with Crippen LogP contribution in [-0.4, -0.2) is 23.7 Å². The molecule has 7 nitrogen and oxygen atoms in total. The largest absolute Gasteiger partial charge is 0.332 e. The molecule has 10 heteroatoms. The molecule has 0 aliphatic heterocycles. The van der Waals surface area contributed by atoms with Crippen molar-refractivity contribution in [3.05, 3.63) is 65.9 Å². The van der Waals surface area contributed by atoms with E-state index in [1.54, 1.807) is 11.6 Å². The van der Waals surface area contributed by atoms with Crippen molar-refractivity contribution in [1.82, 2.24) is 23.7 Å². The standard InChI is InChI=1S/C17H13BrClN5O2S/c1-22-14-12(15(25)23(2)17(22)26)21-16(18)24(14)7-9-8-27-13(20-9)10-5-3-4-6-11(10)19/h3-6,8H,7H2,1-2H3. The van der Waals surface area contributed by atoms with Crippen LogP contribution >= 0.6 is 38.9 Å². The van der Waals surface area contributed by atoms with Gasteiger partial charge in [-0.1, -0.05) is 29.8 Å². The third-order valence-corrected chi connectivity index (χ3v) is 6.13. The first-order chi connectivity index (χ1) is 12.9. The topological polar surface area (TPSA) is 74.7 Å². The molecule has 27 heavy (non-hydrogen) atoms. The SMILES string of the molecule is Cn1c(=O)c2nc(Br)n(Cc3csc(-c4ccccc4Cl)n3)c2n(C)c1=O. The summed E-state index contributed by atoms with van der Waals surface area (Å²) in [4.78, 5) is 33.6. The van der Waals surface area contributed by atoms with Crippen LogP contribution in [0.15, 0.2) is 44.0 Å². The van der Waals surface area contributed by atoms with Gasteiger partial charge in [-0.2, -0.15) is 0 Å². The molecule has 3 aromatic heterocycles. The molecule has 0 fully saturated rings. The Kier molecular flexibility index (Phi) is 4.53. The first-order valence-electron chi connectivity index (χ1n) is 7.89. The van der Waals surface area contributed by atoms with E-state index in [4.69, 9.17) is 11.6 Å². The number of benzene rings is 1. The molecular formula is C17H13BrClN5O2S. The molecule has 0 aliphatic rings. The minimum atomic E-state index is -0.428. The van der Waals surface area contributed by atoms with E-state index >= 15 is 0 Å². The molecule has 0 spiro atoms. The number of hydrogen-bond acceptors (Lipinski definition) is 5. The molecule has 0 saturated carbocycles. The second kappa shape index (κ2) is 6.74. The highest BCUT2D eigenvalue weighted by Crippen LogP contribution is 2.30. The minimum Gasteiger partial charge on any atom is -0.298 e. The van der Waals surface area contributed by atoms with Gasteiger partial charge in [0.2, 0.25) is 0 Å². The number of aryl methyl sites for hydroxylation is 1. The van der Waals surface area contributed by atoms with Crippen LogP contribution in [0.25, 0.3) is 21.7 Å². The summed E-state index contributed by atoms with van der Waals surface area (Å²) in [5.41, 5.74) is 1.49. The summed E-state index contributed by atoms with van der Waals surface area (Å²) in [5, 5.41) is 3.37. The molecule has 3 heterocycles. The average molecular weight is 467 g/mol. The Morgan fingerprint density at radius 2 is 1.89 bits per heavy atom. The summed E-state index contributed by atoms with van der Waals surface area (Å²) in [7, 11) is 3.05. The zero-order chi connectivity index (χ0) is 19.3. The molecule has 0 aliphatic carbocycles. The maximum atomic E-state index is 12.4. The Bertz CT molecular complexity index is 1300. The van der Waals surface area contributed by atoms with Gasteiger partial charge in [0, 0.05) is 25.0 Å². The Morgan fingerprint density at radius 3 is 2.63 bits per heavy atom. The van der Waals surface area contributed by atoms with E-state index in [1.165, 1.54) is 23.0 Å². The third-order valence-electron chi connectivity index (χ3n) is 4.27. The highest BCUT2D eigenvalue weighted by atomic mass is 79.9. The molecule has 0 radical (unpaired) electrons. The molecule has 0 atom stereocenters. The van der Waals surface area contributed by atoms with Crippen molar-refractivity contribution < 1.29 is 0 Å². The van der Waals surface area contributed by atoms with Crippen molar-refractivity contribution >= 4 is 50.0 Å². The zero-order valence-corrected chi connectivity index (χ0v) is 17.5. The Balaban J connectivity index is 1.82. The lowest BCUT2D eigenvalue weighted by molar-refractivity contribution is 0.682. The van der Waals surface area contributed by atoms with Gasteiger partial charge in [-0.15, -0.1) is 11.3 Å². The van der Waals surface area contributed by atoms with Gasteiger partial charge >= 0.3 is 5.69 Å². The second-order valence-corrected chi connectivity index (χ2v) is 7.94. The Morgan fingerprint density at radius 1 is 1.15 bits per heavy atom. The predicted molar refractivity (Wildman–Crippen MR) is 110 cm³/mol. The van der Waals surface area contributed by atoms with Crippen LogP contribution in [0.1, 0.15) is 5.69 Å². The van der Waals surface area contributed by atoms with Crippen LogP contribution in [0, 0.1) is 0 Å². The van der Waals surface area contributed by atoms with E-state index in [-0.39, 0.29) is 5.52 Å².